The maximum atomic E-state index is 12.6. The molecular weight excluding hydrogens is 272 g/mol. The van der Waals surface area contributed by atoms with E-state index in [4.69, 9.17) is 4.74 Å². The number of carboxylic acid groups (broad SMARTS) is 1. The summed E-state index contributed by atoms with van der Waals surface area (Å²) in [4.78, 5) is 29.9. The Balaban J connectivity index is 1.63. The number of rotatable bonds is 3. The number of amides is 1. The van der Waals surface area contributed by atoms with E-state index in [1.165, 1.54) is 0 Å². The number of nitrogens with zero attached hydrogens (tertiary/aromatic N) is 2. The zero-order chi connectivity index (χ0) is 14.6. The SMILES string of the molecule is O=C(O)[C@@H]1[C@H]2C(=O)N(Cc3ccccn3)C[C@]23C=C[C@H]1O3. The van der Waals surface area contributed by atoms with Crippen LogP contribution in [0, 0.1) is 11.8 Å². The number of pyridine rings is 1. The minimum atomic E-state index is -0.968. The Labute approximate surface area is 121 Å². The Morgan fingerprint density at radius 2 is 2.38 bits per heavy atom. The third kappa shape index (κ3) is 1.65. The molecule has 0 radical (unpaired) electrons. The molecule has 0 saturated carbocycles. The number of hydrogen-bond acceptors (Lipinski definition) is 4. The first-order chi connectivity index (χ1) is 10.1. The van der Waals surface area contributed by atoms with Gasteiger partial charge in [-0.15, -0.1) is 0 Å². The normalized spacial score (nSPS) is 36.3. The van der Waals surface area contributed by atoms with Gasteiger partial charge in [-0.3, -0.25) is 14.6 Å². The average Bonchev–Trinajstić information content (AvgIpc) is 3.09. The molecule has 2 bridgehead atoms. The summed E-state index contributed by atoms with van der Waals surface area (Å²) in [5.74, 6) is -2.52. The van der Waals surface area contributed by atoms with Crippen molar-refractivity contribution in [3.63, 3.8) is 0 Å². The van der Waals surface area contributed by atoms with E-state index >= 15 is 0 Å². The van der Waals surface area contributed by atoms with Gasteiger partial charge >= 0.3 is 5.97 Å². The fourth-order valence-corrected chi connectivity index (χ4v) is 3.68. The Morgan fingerprint density at radius 1 is 1.52 bits per heavy atom. The minimum absolute atomic E-state index is 0.153. The van der Waals surface area contributed by atoms with E-state index in [0.717, 1.165) is 5.69 Å². The highest BCUT2D eigenvalue weighted by Gasteiger charge is 2.66. The highest BCUT2D eigenvalue weighted by Crippen LogP contribution is 2.51. The van der Waals surface area contributed by atoms with Crippen molar-refractivity contribution in [3.05, 3.63) is 42.2 Å². The zero-order valence-corrected chi connectivity index (χ0v) is 11.2. The molecule has 1 N–H and O–H groups in total. The molecule has 0 aliphatic carbocycles. The molecule has 3 aliphatic rings. The van der Waals surface area contributed by atoms with Crippen LogP contribution in [0.1, 0.15) is 5.69 Å². The topological polar surface area (TPSA) is 79.7 Å². The second-order valence-electron chi connectivity index (χ2n) is 5.75. The van der Waals surface area contributed by atoms with Gasteiger partial charge in [-0.05, 0) is 12.1 Å². The Morgan fingerprint density at radius 3 is 3.10 bits per heavy atom. The molecule has 4 atom stereocenters. The molecule has 6 heteroatoms. The second kappa shape index (κ2) is 4.14. The van der Waals surface area contributed by atoms with E-state index in [1.54, 1.807) is 17.2 Å². The predicted molar refractivity (Wildman–Crippen MR) is 71.0 cm³/mol. The van der Waals surface area contributed by atoms with Crippen molar-refractivity contribution < 1.29 is 19.4 Å². The van der Waals surface area contributed by atoms with Crippen LogP contribution >= 0.6 is 0 Å². The van der Waals surface area contributed by atoms with Crippen molar-refractivity contribution in [2.24, 2.45) is 11.8 Å². The standard InChI is InChI=1S/C15H14N2O4/c18-13-12-11(14(19)20)10-4-5-15(12,21-10)8-17(13)7-9-3-1-2-6-16-9/h1-6,10-12H,7-8H2,(H,19,20)/t10-,11+,12+,15-/m1/s1. The third-order valence-electron chi connectivity index (χ3n) is 4.54. The fraction of sp³-hybridized carbons (Fsp3) is 0.400. The Bertz CT molecular complexity index is 644. The van der Waals surface area contributed by atoms with Gasteiger partial charge < -0.3 is 14.7 Å². The first-order valence-corrected chi connectivity index (χ1v) is 6.89. The van der Waals surface area contributed by atoms with E-state index in [9.17, 15) is 14.7 Å². The van der Waals surface area contributed by atoms with Crippen molar-refractivity contribution in [2.75, 3.05) is 6.54 Å². The van der Waals surface area contributed by atoms with Gasteiger partial charge in [0.15, 0.2) is 0 Å². The van der Waals surface area contributed by atoms with Crippen LogP contribution in [0.2, 0.25) is 0 Å². The lowest BCUT2D eigenvalue weighted by molar-refractivity contribution is -0.148. The van der Waals surface area contributed by atoms with Crippen LogP contribution < -0.4 is 0 Å². The zero-order valence-electron chi connectivity index (χ0n) is 11.2. The van der Waals surface area contributed by atoms with E-state index < -0.39 is 29.5 Å². The maximum absolute atomic E-state index is 12.6. The van der Waals surface area contributed by atoms with Crippen molar-refractivity contribution >= 4 is 11.9 Å². The Hall–Kier alpha value is -2.21. The number of hydrogen-bond donors (Lipinski definition) is 1. The molecule has 108 valence electrons. The van der Waals surface area contributed by atoms with Crippen LogP contribution in [-0.2, 0) is 20.9 Å². The number of likely N-dealkylation sites (tertiary alicyclic amines) is 1. The smallest absolute Gasteiger partial charge is 0.310 e. The van der Waals surface area contributed by atoms with Gasteiger partial charge in [-0.2, -0.15) is 0 Å². The monoisotopic (exact) mass is 286 g/mol. The summed E-state index contributed by atoms with van der Waals surface area (Å²) >= 11 is 0. The minimum Gasteiger partial charge on any atom is -0.481 e. The highest BCUT2D eigenvalue weighted by molar-refractivity contribution is 5.90. The molecule has 0 aromatic carbocycles. The largest absolute Gasteiger partial charge is 0.481 e. The molecule has 1 amide bonds. The van der Waals surface area contributed by atoms with Crippen LogP contribution in [0.4, 0.5) is 0 Å². The fourth-order valence-electron chi connectivity index (χ4n) is 3.68. The maximum Gasteiger partial charge on any atom is 0.310 e. The van der Waals surface area contributed by atoms with E-state index in [2.05, 4.69) is 4.98 Å². The summed E-state index contributed by atoms with van der Waals surface area (Å²) in [6.07, 6.45) is 4.83. The summed E-state index contributed by atoms with van der Waals surface area (Å²) in [6.45, 7) is 0.774. The molecule has 21 heavy (non-hydrogen) atoms. The molecule has 3 aliphatic heterocycles. The number of ether oxygens (including phenoxy) is 1. The van der Waals surface area contributed by atoms with Crippen molar-refractivity contribution in [1.82, 2.24) is 9.88 Å². The lowest BCUT2D eigenvalue weighted by atomic mass is 9.77. The lowest BCUT2D eigenvalue weighted by Gasteiger charge is -2.21. The number of fused-ring (bicyclic) bond motifs is 1. The number of carboxylic acids is 1. The van der Waals surface area contributed by atoms with Gasteiger partial charge in [0.05, 0.1) is 30.8 Å². The van der Waals surface area contributed by atoms with E-state index in [1.807, 2.05) is 24.3 Å². The molecular formula is C15H14N2O4. The molecule has 1 aromatic rings. The summed E-state index contributed by atoms with van der Waals surface area (Å²) in [5.41, 5.74) is 0.0205. The molecule has 0 unspecified atom stereocenters. The van der Waals surface area contributed by atoms with Crippen LogP contribution in [0.15, 0.2) is 36.5 Å². The van der Waals surface area contributed by atoms with Gasteiger partial charge in [0.25, 0.3) is 0 Å². The van der Waals surface area contributed by atoms with Crippen molar-refractivity contribution in [3.8, 4) is 0 Å². The van der Waals surface area contributed by atoms with E-state index in [0.29, 0.717) is 13.1 Å². The molecule has 2 saturated heterocycles. The third-order valence-corrected chi connectivity index (χ3v) is 4.54. The summed E-state index contributed by atoms with van der Waals surface area (Å²) in [5, 5.41) is 9.38. The molecule has 6 nitrogen and oxygen atoms in total. The first-order valence-electron chi connectivity index (χ1n) is 6.89. The van der Waals surface area contributed by atoms with Crippen LogP contribution in [0.5, 0.6) is 0 Å². The van der Waals surface area contributed by atoms with Gasteiger partial charge in [-0.25, -0.2) is 0 Å². The summed E-state index contributed by atoms with van der Waals surface area (Å²) < 4.78 is 5.82. The molecule has 4 rings (SSSR count). The van der Waals surface area contributed by atoms with Crippen LogP contribution in [0.3, 0.4) is 0 Å². The van der Waals surface area contributed by atoms with Crippen LogP contribution in [-0.4, -0.2) is 45.1 Å². The number of aromatic nitrogens is 1. The first kappa shape index (κ1) is 12.5. The second-order valence-corrected chi connectivity index (χ2v) is 5.75. The van der Waals surface area contributed by atoms with E-state index in [-0.39, 0.29) is 5.91 Å². The van der Waals surface area contributed by atoms with Crippen LogP contribution in [0.25, 0.3) is 0 Å². The van der Waals surface area contributed by atoms with Gasteiger partial charge in [-0.1, -0.05) is 18.2 Å². The van der Waals surface area contributed by atoms with Gasteiger partial charge in [0.2, 0.25) is 5.91 Å². The molecule has 1 spiro atoms. The quantitative estimate of drug-likeness (QED) is 0.816. The summed E-state index contributed by atoms with van der Waals surface area (Å²) in [7, 11) is 0. The predicted octanol–water partition coefficient (Wildman–Crippen LogP) is 0.448. The number of aliphatic carboxylic acids is 1. The Kier molecular flexibility index (Phi) is 2.47. The lowest BCUT2D eigenvalue weighted by Crippen LogP contribution is -2.39. The average molecular weight is 286 g/mol. The summed E-state index contributed by atoms with van der Waals surface area (Å²) in [6, 6.07) is 5.53. The molecule has 2 fully saturated rings. The molecule has 1 aromatic heterocycles. The van der Waals surface area contributed by atoms with Crippen molar-refractivity contribution in [2.45, 2.75) is 18.2 Å². The van der Waals surface area contributed by atoms with Gasteiger partial charge in [0.1, 0.15) is 11.5 Å². The number of carbonyl (C=O) groups excluding carboxylic acids is 1. The van der Waals surface area contributed by atoms with Gasteiger partial charge in [0, 0.05) is 6.20 Å². The highest BCUT2D eigenvalue weighted by atomic mass is 16.5. The van der Waals surface area contributed by atoms with Crippen molar-refractivity contribution in [1.29, 1.82) is 0 Å². The molecule has 4 heterocycles. The number of carbonyl (C=O) groups is 2.